The first kappa shape index (κ1) is 17.7. The lowest BCUT2D eigenvalue weighted by Gasteiger charge is -2.24. The van der Waals surface area contributed by atoms with Gasteiger partial charge < -0.3 is 18.9 Å². The van der Waals surface area contributed by atoms with Gasteiger partial charge in [-0.2, -0.15) is 0 Å². The van der Waals surface area contributed by atoms with Gasteiger partial charge in [0.1, 0.15) is 5.75 Å². The van der Waals surface area contributed by atoms with E-state index in [9.17, 15) is 0 Å². The molecule has 0 saturated carbocycles. The fraction of sp³-hybridized carbons (Fsp3) is 0.304. The van der Waals surface area contributed by atoms with Crippen LogP contribution in [0.1, 0.15) is 31.2 Å². The van der Waals surface area contributed by atoms with Crippen LogP contribution in [0.25, 0.3) is 5.69 Å². The van der Waals surface area contributed by atoms with E-state index < -0.39 is 0 Å². The Labute approximate surface area is 161 Å². The van der Waals surface area contributed by atoms with Gasteiger partial charge in [0.25, 0.3) is 0 Å². The Kier molecular flexibility index (Phi) is 5.16. The summed E-state index contributed by atoms with van der Waals surface area (Å²) in [6.07, 6.45) is 5.24. The molecule has 4 heteroatoms. The van der Waals surface area contributed by atoms with Gasteiger partial charge >= 0.3 is 0 Å². The number of nitrogens with zero attached hydrogens (tertiary/aromatic N) is 2. The highest BCUT2D eigenvalue weighted by atomic mass is 16.5. The summed E-state index contributed by atoms with van der Waals surface area (Å²) in [7, 11) is 0. The Hall–Kier alpha value is -2.72. The van der Waals surface area contributed by atoms with E-state index in [1.807, 2.05) is 19.1 Å². The summed E-state index contributed by atoms with van der Waals surface area (Å²) < 4.78 is 13.8. The number of ether oxygens (including phenoxy) is 2. The zero-order valence-electron chi connectivity index (χ0n) is 16.0. The molecule has 3 aromatic rings. The zero-order chi connectivity index (χ0) is 18.6. The van der Waals surface area contributed by atoms with Crippen LogP contribution in [-0.4, -0.2) is 24.3 Å². The predicted molar refractivity (Wildman–Crippen MR) is 109 cm³/mol. The first-order chi connectivity index (χ1) is 13.3. The molecule has 1 saturated heterocycles. The lowest BCUT2D eigenvalue weighted by molar-refractivity contribution is 0.114. The van der Waals surface area contributed by atoms with Crippen molar-refractivity contribution in [3.63, 3.8) is 0 Å². The second-order valence-corrected chi connectivity index (χ2v) is 6.72. The molecule has 0 spiro atoms. The van der Waals surface area contributed by atoms with E-state index in [0.29, 0.717) is 6.61 Å². The number of aryl methyl sites for hydroxylation is 1. The minimum Gasteiger partial charge on any atom is -0.494 e. The third-order valence-corrected chi connectivity index (χ3v) is 4.99. The van der Waals surface area contributed by atoms with Crippen molar-refractivity contribution in [1.82, 2.24) is 4.57 Å². The molecule has 140 valence electrons. The van der Waals surface area contributed by atoms with Gasteiger partial charge in [0.2, 0.25) is 0 Å². The van der Waals surface area contributed by atoms with Crippen LogP contribution < -0.4 is 9.64 Å². The van der Waals surface area contributed by atoms with E-state index in [0.717, 1.165) is 36.6 Å². The van der Waals surface area contributed by atoms with Crippen LogP contribution in [0.4, 0.5) is 5.69 Å². The third-order valence-electron chi connectivity index (χ3n) is 4.99. The van der Waals surface area contributed by atoms with Gasteiger partial charge in [0.05, 0.1) is 13.2 Å². The summed E-state index contributed by atoms with van der Waals surface area (Å²) in [5.74, 6) is 0.889. The summed E-state index contributed by atoms with van der Waals surface area (Å²) in [5.41, 5.74) is 4.81. The molecule has 0 unspecified atom stereocenters. The summed E-state index contributed by atoms with van der Waals surface area (Å²) in [6.45, 7) is 6.49. The highest BCUT2D eigenvalue weighted by Gasteiger charge is 2.27. The lowest BCUT2D eigenvalue weighted by Crippen LogP contribution is -2.22. The molecule has 4 rings (SSSR count). The van der Waals surface area contributed by atoms with Crippen LogP contribution in [0.2, 0.25) is 0 Å². The monoisotopic (exact) mass is 362 g/mol. The van der Waals surface area contributed by atoms with Crippen LogP contribution in [0.5, 0.6) is 5.75 Å². The molecule has 0 aliphatic carbocycles. The number of hydrogen-bond donors (Lipinski definition) is 0. The van der Waals surface area contributed by atoms with Gasteiger partial charge in [-0.15, -0.1) is 0 Å². The quantitative estimate of drug-likeness (QED) is 0.619. The fourth-order valence-electron chi connectivity index (χ4n) is 3.55. The van der Waals surface area contributed by atoms with Crippen molar-refractivity contribution >= 4 is 5.69 Å². The van der Waals surface area contributed by atoms with Gasteiger partial charge in [0, 0.05) is 41.9 Å². The van der Waals surface area contributed by atoms with Gasteiger partial charge in [-0.25, -0.2) is 0 Å². The molecule has 1 aliphatic rings. The van der Waals surface area contributed by atoms with Crippen molar-refractivity contribution in [2.45, 2.75) is 26.5 Å². The van der Waals surface area contributed by atoms with Crippen LogP contribution in [-0.2, 0) is 11.2 Å². The van der Waals surface area contributed by atoms with Crippen molar-refractivity contribution in [3.05, 3.63) is 78.1 Å². The van der Waals surface area contributed by atoms with E-state index in [1.54, 1.807) is 0 Å². The summed E-state index contributed by atoms with van der Waals surface area (Å²) in [6, 6.07) is 19.1. The molecule has 0 N–H and O–H groups in total. The number of anilines is 1. The van der Waals surface area contributed by atoms with Crippen molar-refractivity contribution < 1.29 is 9.47 Å². The van der Waals surface area contributed by atoms with E-state index in [1.165, 1.54) is 11.3 Å². The van der Waals surface area contributed by atoms with E-state index in [2.05, 4.69) is 71.2 Å². The van der Waals surface area contributed by atoms with Crippen LogP contribution in [0.3, 0.4) is 0 Å². The minimum atomic E-state index is -0.0474. The maximum absolute atomic E-state index is 6.06. The van der Waals surface area contributed by atoms with Crippen molar-refractivity contribution in [1.29, 1.82) is 0 Å². The van der Waals surface area contributed by atoms with Crippen molar-refractivity contribution in [2.24, 2.45) is 0 Å². The Morgan fingerprint density at radius 2 is 1.89 bits per heavy atom. The van der Waals surface area contributed by atoms with Crippen molar-refractivity contribution in [2.75, 3.05) is 24.7 Å². The van der Waals surface area contributed by atoms with Gasteiger partial charge in [-0.1, -0.05) is 25.1 Å². The Morgan fingerprint density at radius 3 is 2.67 bits per heavy atom. The standard InChI is InChI=1S/C23H26N2O2/c1-3-18-8-10-20(11-9-18)25-14-15-27-23(25)19-12-13-24(17-19)21-6-5-7-22(16-21)26-4-2/h5-13,16-17,23H,3-4,14-15H2,1-2H3/t23-/m1/s1. The maximum Gasteiger partial charge on any atom is 0.158 e. The molecule has 0 amide bonds. The normalized spacial score (nSPS) is 16.7. The Bertz CT molecular complexity index is 885. The van der Waals surface area contributed by atoms with Gasteiger partial charge in [-0.05, 0) is 49.2 Å². The summed E-state index contributed by atoms with van der Waals surface area (Å²) in [4.78, 5) is 2.33. The minimum absolute atomic E-state index is 0.0474. The topological polar surface area (TPSA) is 26.6 Å². The molecular formula is C23H26N2O2. The van der Waals surface area contributed by atoms with E-state index >= 15 is 0 Å². The Morgan fingerprint density at radius 1 is 1.04 bits per heavy atom. The predicted octanol–water partition coefficient (Wildman–Crippen LogP) is 4.97. The number of rotatable bonds is 6. The van der Waals surface area contributed by atoms with Crippen LogP contribution in [0, 0.1) is 0 Å². The van der Waals surface area contributed by atoms with E-state index in [4.69, 9.17) is 9.47 Å². The second kappa shape index (κ2) is 7.89. The van der Waals surface area contributed by atoms with Gasteiger partial charge in [-0.3, -0.25) is 0 Å². The highest BCUT2D eigenvalue weighted by Crippen LogP contribution is 2.33. The number of benzene rings is 2. The molecule has 2 heterocycles. The molecular weight excluding hydrogens is 336 g/mol. The molecule has 1 fully saturated rings. The fourth-order valence-corrected chi connectivity index (χ4v) is 3.55. The number of hydrogen-bond acceptors (Lipinski definition) is 3. The van der Waals surface area contributed by atoms with Crippen molar-refractivity contribution in [3.8, 4) is 11.4 Å². The van der Waals surface area contributed by atoms with E-state index in [-0.39, 0.29) is 6.23 Å². The third kappa shape index (κ3) is 3.71. The summed E-state index contributed by atoms with van der Waals surface area (Å²) >= 11 is 0. The average Bonchev–Trinajstić information content (AvgIpc) is 3.38. The average molecular weight is 362 g/mol. The zero-order valence-corrected chi connectivity index (χ0v) is 16.0. The molecule has 4 nitrogen and oxygen atoms in total. The van der Waals surface area contributed by atoms with Crippen LogP contribution >= 0.6 is 0 Å². The maximum atomic E-state index is 6.06. The number of aromatic nitrogens is 1. The molecule has 1 aromatic heterocycles. The van der Waals surface area contributed by atoms with Gasteiger partial charge in [0.15, 0.2) is 6.23 Å². The SMILES string of the molecule is CCOc1cccc(-n2ccc([C@H]3OCCN3c3ccc(CC)cc3)c2)c1. The smallest absolute Gasteiger partial charge is 0.158 e. The Balaban J connectivity index is 1.57. The summed E-state index contributed by atoms with van der Waals surface area (Å²) in [5, 5.41) is 0. The highest BCUT2D eigenvalue weighted by molar-refractivity contribution is 5.50. The largest absolute Gasteiger partial charge is 0.494 e. The first-order valence-corrected chi connectivity index (χ1v) is 9.67. The molecule has 0 radical (unpaired) electrons. The molecule has 1 atom stereocenters. The second-order valence-electron chi connectivity index (χ2n) is 6.72. The molecule has 2 aromatic carbocycles. The molecule has 27 heavy (non-hydrogen) atoms. The molecule has 1 aliphatic heterocycles. The van der Waals surface area contributed by atoms with Crippen LogP contribution in [0.15, 0.2) is 67.0 Å². The first-order valence-electron chi connectivity index (χ1n) is 9.67. The lowest BCUT2D eigenvalue weighted by atomic mass is 10.1. The molecule has 0 bridgehead atoms.